The molecule has 2 aromatic heterocycles. The molecule has 2 heterocycles. The van der Waals surface area contributed by atoms with Crippen LogP contribution in [0.25, 0.3) is 0 Å². The second-order valence-electron chi connectivity index (χ2n) is 3.78. The summed E-state index contributed by atoms with van der Waals surface area (Å²) in [5.41, 5.74) is 1.68. The van der Waals surface area contributed by atoms with Gasteiger partial charge in [0.2, 0.25) is 0 Å². The third-order valence-corrected chi connectivity index (χ3v) is 4.97. The third kappa shape index (κ3) is 2.26. The molecule has 0 aromatic carbocycles. The number of aliphatic hydroxyl groups excluding tert-OH is 1. The first-order valence-electron chi connectivity index (χ1n) is 5.17. The zero-order chi connectivity index (χ0) is 13.3. The predicted octanol–water partition coefficient (Wildman–Crippen LogP) is 1.38. The smallest absolute Gasteiger partial charge is 0.263 e. The van der Waals surface area contributed by atoms with Crippen LogP contribution in [0.15, 0.2) is 16.3 Å². The number of thiophene rings is 1. The molecule has 0 aliphatic heterocycles. The van der Waals surface area contributed by atoms with Crippen LogP contribution in [0, 0.1) is 13.8 Å². The van der Waals surface area contributed by atoms with Crippen molar-refractivity contribution < 1.29 is 13.5 Å². The number of aromatic amines is 1. The van der Waals surface area contributed by atoms with E-state index >= 15 is 0 Å². The van der Waals surface area contributed by atoms with E-state index in [1.165, 1.54) is 17.4 Å². The van der Waals surface area contributed by atoms with E-state index in [4.69, 9.17) is 5.11 Å². The van der Waals surface area contributed by atoms with Crippen LogP contribution in [0.5, 0.6) is 0 Å². The summed E-state index contributed by atoms with van der Waals surface area (Å²) in [5.74, 6) is 0. The Labute approximate surface area is 109 Å². The second kappa shape index (κ2) is 4.71. The molecule has 0 spiro atoms. The normalized spacial score (nSPS) is 11.7. The minimum Gasteiger partial charge on any atom is -0.391 e. The lowest BCUT2D eigenvalue weighted by molar-refractivity contribution is 0.282. The van der Waals surface area contributed by atoms with Crippen molar-refractivity contribution in [3.63, 3.8) is 0 Å². The fraction of sp³-hybridized carbons (Fsp3) is 0.300. The van der Waals surface area contributed by atoms with Gasteiger partial charge in [0, 0.05) is 0 Å². The van der Waals surface area contributed by atoms with Crippen molar-refractivity contribution >= 4 is 27.0 Å². The SMILES string of the molecule is Cc1n[nH]c(C)c1NS(=O)(=O)c1ccsc1CO. The molecular weight excluding hydrogens is 274 g/mol. The van der Waals surface area contributed by atoms with Gasteiger partial charge in [0.05, 0.1) is 28.6 Å². The second-order valence-corrected chi connectivity index (χ2v) is 6.43. The van der Waals surface area contributed by atoms with Gasteiger partial charge in [0.25, 0.3) is 10.0 Å². The fourth-order valence-corrected chi connectivity index (χ4v) is 4.05. The highest BCUT2D eigenvalue weighted by Crippen LogP contribution is 2.26. The van der Waals surface area contributed by atoms with Crippen LogP contribution in [0.1, 0.15) is 16.3 Å². The van der Waals surface area contributed by atoms with Gasteiger partial charge in [0.15, 0.2) is 0 Å². The Bertz CT molecular complexity index is 638. The monoisotopic (exact) mass is 287 g/mol. The summed E-state index contributed by atoms with van der Waals surface area (Å²) in [6.45, 7) is 3.15. The third-order valence-electron chi connectivity index (χ3n) is 2.50. The highest BCUT2D eigenvalue weighted by atomic mass is 32.2. The van der Waals surface area contributed by atoms with Crippen LogP contribution in [0.4, 0.5) is 5.69 Å². The number of rotatable bonds is 4. The maximum absolute atomic E-state index is 12.2. The molecule has 2 aromatic rings. The summed E-state index contributed by atoms with van der Waals surface area (Å²) in [5, 5.41) is 17.4. The zero-order valence-corrected chi connectivity index (χ0v) is 11.5. The van der Waals surface area contributed by atoms with Crippen molar-refractivity contribution in [3.05, 3.63) is 27.7 Å². The van der Waals surface area contributed by atoms with Crippen molar-refractivity contribution in [2.75, 3.05) is 4.72 Å². The Balaban J connectivity index is 2.39. The lowest BCUT2D eigenvalue weighted by Gasteiger charge is -2.08. The van der Waals surface area contributed by atoms with Gasteiger partial charge in [-0.15, -0.1) is 11.3 Å². The van der Waals surface area contributed by atoms with Gasteiger partial charge in [-0.3, -0.25) is 9.82 Å². The molecule has 0 amide bonds. The van der Waals surface area contributed by atoms with Crippen molar-refractivity contribution in [2.24, 2.45) is 0 Å². The first-order chi connectivity index (χ1) is 8.45. The molecule has 0 bridgehead atoms. The number of nitrogens with one attached hydrogen (secondary N) is 2. The predicted molar refractivity (Wildman–Crippen MR) is 69.1 cm³/mol. The Kier molecular flexibility index (Phi) is 3.42. The molecule has 8 heteroatoms. The van der Waals surface area contributed by atoms with Gasteiger partial charge in [0.1, 0.15) is 4.90 Å². The lowest BCUT2D eigenvalue weighted by atomic mass is 10.3. The highest BCUT2D eigenvalue weighted by Gasteiger charge is 2.21. The molecule has 0 aliphatic carbocycles. The highest BCUT2D eigenvalue weighted by molar-refractivity contribution is 7.93. The van der Waals surface area contributed by atoms with Gasteiger partial charge in [-0.05, 0) is 25.3 Å². The average Bonchev–Trinajstić information content (AvgIpc) is 2.91. The molecule has 98 valence electrons. The van der Waals surface area contributed by atoms with Crippen LogP contribution in [0.2, 0.25) is 0 Å². The topological polar surface area (TPSA) is 95.1 Å². The standard InChI is InChI=1S/C10H13N3O3S2/c1-6-10(7(2)12-11-6)13-18(15,16)9-3-4-17-8(9)5-14/h3-4,13-14H,5H2,1-2H3,(H,11,12). The largest absolute Gasteiger partial charge is 0.391 e. The molecule has 2 rings (SSSR count). The lowest BCUT2D eigenvalue weighted by Crippen LogP contribution is -2.14. The molecule has 0 atom stereocenters. The van der Waals surface area contributed by atoms with Crippen LogP contribution >= 0.6 is 11.3 Å². The number of sulfonamides is 1. The number of hydrogen-bond donors (Lipinski definition) is 3. The Hall–Kier alpha value is -1.38. The maximum atomic E-state index is 12.2. The molecular formula is C10H13N3O3S2. The van der Waals surface area contributed by atoms with E-state index in [1.807, 2.05) is 0 Å². The Morgan fingerprint density at radius 3 is 2.78 bits per heavy atom. The van der Waals surface area contributed by atoms with Crippen LogP contribution in [-0.2, 0) is 16.6 Å². The van der Waals surface area contributed by atoms with Crippen LogP contribution in [-0.4, -0.2) is 23.7 Å². The number of aryl methyl sites for hydroxylation is 2. The van der Waals surface area contributed by atoms with E-state index < -0.39 is 10.0 Å². The molecule has 0 saturated carbocycles. The molecule has 6 nitrogen and oxygen atoms in total. The molecule has 0 aliphatic rings. The van der Waals surface area contributed by atoms with E-state index in [1.54, 1.807) is 19.2 Å². The van der Waals surface area contributed by atoms with Crippen molar-refractivity contribution in [1.29, 1.82) is 0 Å². The molecule has 3 N–H and O–H groups in total. The summed E-state index contributed by atoms with van der Waals surface area (Å²) in [6.07, 6.45) is 0. The number of nitrogens with zero attached hydrogens (tertiary/aromatic N) is 1. The van der Waals surface area contributed by atoms with E-state index in [0.717, 1.165) is 0 Å². The van der Waals surface area contributed by atoms with Gasteiger partial charge < -0.3 is 5.11 Å². The molecule has 0 saturated heterocycles. The first-order valence-corrected chi connectivity index (χ1v) is 7.53. The molecule has 18 heavy (non-hydrogen) atoms. The van der Waals surface area contributed by atoms with Gasteiger partial charge in [-0.25, -0.2) is 8.42 Å². The fourth-order valence-electron chi connectivity index (χ4n) is 1.57. The van der Waals surface area contributed by atoms with E-state index in [-0.39, 0.29) is 11.5 Å². The summed E-state index contributed by atoms with van der Waals surface area (Å²) in [4.78, 5) is 0.524. The van der Waals surface area contributed by atoms with Gasteiger partial charge in [-0.1, -0.05) is 0 Å². The van der Waals surface area contributed by atoms with Crippen molar-refractivity contribution in [2.45, 2.75) is 25.3 Å². The minimum atomic E-state index is -3.69. The number of hydrogen-bond acceptors (Lipinski definition) is 5. The van der Waals surface area contributed by atoms with E-state index in [2.05, 4.69) is 14.9 Å². The van der Waals surface area contributed by atoms with E-state index in [9.17, 15) is 8.42 Å². The quantitative estimate of drug-likeness (QED) is 0.791. The minimum absolute atomic E-state index is 0.106. The Morgan fingerprint density at radius 2 is 2.22 bits per heavy atom. The maximum Gasteiger partial charge on any atom is 0.263 e. The Morgan fingerprint density at radius 1 is 1.50 bits per heavy atom. The summed E-state index contributed by atoms with van der Waals surface area (Å²) < 4.78 is 26.9. The zero-order valence-electron chi connectivity index (χ0n) is 9.89. The van der Waals surface area contributed by atoms with E-state index in [0.29, 0.717) is 22.0 Å². The molecule has 0 unspecified atom stereocenters. The van der Waals surface area contributed by atoms with Crippen molar-refractivity contribution in [1.82, 2.24) is 10.2 Å². The number of H-pyrrole nitrogens is 1. The average molecular weight is 287 g/mol. The molecule has 0 radical (unpaired) electrons. The first kappa shape index (κ1) is 13.1. The number of aromatic nitrogens is 2. The summed E-state index contributed by atoms with van der Waals surface area (Å²) in [6, 6.07) is 1.48. The summed E-state index contributed by atoms with van der Waals surface area (Å²) >= 11 is 1.20. The van der Waals surface area contributed by atoms with Gasteiger partial charge in [-0.2, -0.15) is 5.10 Å². The number of aliphatic hydroxyl groups is 1. The van der Waals surface area contributed by atoms with Crippen molar-refractivity contribution in [3.8, 4) is 0 Å². The summed E-state index contributed by atoms with van der Waals surface area (Å²) in [7, 11) is -3.69. The van der Waals surface area contributed by atoms with Gasteiger partial charge >= 0.3 is 0 Å². The van der Waals surface area contributed by atoms with Crippen LogP contribution in [0.3, 0.4) is 0 Å². The molecule has 0 fully saturated rings. The van der Waals surface area contributed by atoms with Crippen LogP contribution < -0.4 is 4.72 Å². The number of anilines is 1.